The highest BCUT2D eigenvalue weighted by atomic mass is 16.5. The summed E-state index contributed by atoms with van der Waals surface area (Å²) in [7, 11) is 0. The van der Waals surface area contributed by atoms with E-state index in [9.17, 15) is 4.79 Å². The standard InChI is InChI=1S/C12H24N2O2/c1-3-5-10-9-12(11(13)15,6-8-16-10)14-7-4-2/h10,14H,3-9H2,1-2H3,(H2,13,15). The van der Waals surface area contributed by atoms with Crippen molar-refractivity contribution in [2.75, 3.05) is 13.2 Å². The molecule has 2 atom stereocenters. The second-order valence-corrected chi connectivity index (χ2v) is 4.61. The van der Waals surface area contributed by atoms with Gasteiger partial charge in [0, 0.05) is 13.0 Å². The largest absolute Gasteiger partial charge is 0.378 e. The highest BCUT2D eigenvalue weighted by molar-refractivity contribution is 5.84. The molecule has 0 aromatic carbocycles. The van der Waals surface area contributed by atoms with Gasteiger partial charge in [-0.05, 0) is 25.8 Å². The van der Waals surface area contributed by atoms with Gasteiger partial charge >= 0.3 is 0 Å². The Morgan fingerprint density at radius 1 is 1.50 bits per heavy atom. The van der Waals surface area contributed by atoms with Gasteiger partial charge in [0.15, 0.2) is 0 Å². The maximum atomic E-state index is 11.6. The summed E-state index contributed by atoms with van der Waals surface area (Å²) in [5.41, 5.74) is 5.01. The van der Waals surface area contributed by atoms with Crippen molar-refractivity contribution in [2.24, 2.45) is 5.73 Å². The van der Waals surface area contributed by atoms with Crippen LogP contribution in [0.2, 0.25) is 0 Å². The first kappa shape index (κ1) is 13.5. The van der Waals surface area contributed by atoms with E-state index in [0.29, 0.717) is 13.0 Å². The fraction of sp³-hybridized carbons (Fsp3) is 0.917. The number of carbonyl (C=O) groups is 1. The predicted molar refractivity (Wildman–Crippen MR) is 64.1 cm³/mol. The van der Waals surface area contributed by atoms with Gasteiger partial charge in [0.1, 0.15) is 5.54 Å². The molecule has 4 heteroatoms. The molecule has 0 bridgehead atoms. The summed E-state index contributed by atoms with van der Waals surface area (Å²) in [5, 5.41) is 3.32. The fourth-order valence-corrected chi connectivity index (χ4v) is 2.29. The molecule has 1 rings (SSSR count). The Kier molecular flexibility index (Phi) is 5.22. The van der Waals surface area contributed by atoms with Crippen LogP contribution in [0, 0.1) is 0 Å². The van der Waals surface area contributed by atoms with E-state index in [1.165, 1.54) is 0 Å². The molecule has 0 spiro atoms. The smallest absolute Gasteiger partial charge is 0.237 e. The molecule has 94 valence electrons. The van der Waals surface area contributed by atoms with Crippen LogP contribution in [0.4, 0.5) is 0 Å². The number of primary amides is 1. The van der Waals surface area contributed by atoms with Crippen molar-refractivity contribution < 1.29 is 9.53 Å². The summed E-state index contributed by atoms with van der Waals surface area (Å²) in [6, 6.07) is 0. The van der Waals surface area contributed by atoms with Crippen LogP contribution >= 0.6 is 0 Å². The third-order valence-electron chi connectivity index (χ3n) is 3.25. The van der Waals surface area contributed by atoms with E-state index in [1.54, 1.807) is 0 Å². The van der Waals surface area contributed by atoms with Crippen molar-refractivity contribution in [3.8, 4) is 0 Å². The van der Waals surface area contributed by atoms with Crippen LogP contribution in [0.1, 0.15) is 46.0 Å². The fourth-order valence-electron chi connectivity index (χ4n) is 2.29. The summed E-state index contributed by atoms with van der Waals surface area (Å²) in [6.07, 6.45) is 4.68. The first-order valence-electron chi connectivity index (χ1n) is 6.31. The number of hydrogen-bond donors (Lipinski definition) is 2. The summed E-state index contributed by atoms with van der Waals surface area (Å²) >= 11 is 0. The normalized spacial score (nSPS) is 30.2. The third kappa shape index (κ3) is 3.19. The van der Waals surface area contributed by atoms with Crippen LogP contribution in [-0.2, 0) is 9.53 Å². The van der Waals surface area contributed by atoms with Crippen LogP contribution < -0.4 is 11.1 Å². The molecule has 1 amide bonds. The molecule has 0 aromatic heterocycles. The Labute approximate surface area is 97.9 Å². The predicted octanol–water partition coefficient (Wildman–Crippen LogP) is 1.19. The zero-order chi connectivity index (χ0) is 12.0. The second kappa shape index (κ2) is 6.21. The van der Waals surface area contributed by atoms with Crippen molar-refractivity contribution in [1.82, 2.24) is 5.32 Å². The van der Waals surface area contributed by atoms with Gasteiger partial charge in [-0.15, -0.1) is 0 Å². The van der Waals surface area contributed by atoms with Gasteiger partial charge in [0.2, 0.25) is 5.91 Å². The number of rotatable bonds is 6. The molecule has 0 saturated carbocycles. The zero-order valence-electron chi connectivity index (χ0n) is 10.4. The molecule has 4 nitrogen and oxygen atoms in total. The van der Waals surface area contributed by atoms with Crippen LogP contribution in [0.15, 0.2) is 0 Å². The van der Waals surface area contributed by atoms with Gasteiger partial charge in [-0.2, -0.15) is 0 Å². The Bertz CT molecular complexity index is 231. The van der Waals surface area contributed by atoms with Gasteiger partial charge in [-0.3, -0.25) is 4.79 Å². The van der Waals surface area contributed by atoms with Crippen LogP contribution in [0.3, 0.4) is 0 Å². The number of nitrogens with one attached hydrogen (secondary N) is 1. The molecule has 0 radical (unpaired) electrons. The van der Waals surface area contributed by atoms with Crippen molar-refractivity contribution in [3.05, 3.63) is 0 Å². The lowest BCUT2D eigenvalue weighted by Crippen LogP contribution is -2.60. The van der Waals surface area contributed by atoms with Crippen LogP contribution in [0.5, 0.6) is 0 Å². The highest BCUT2D eigenvalue weighted by Gasteiger charge is 2.41. The quantitative estimate of drug-likeness (QED) is 0.717. The monoisotopic (exact) mass is 228 g/mol. The lowest BCUT2D eigenvalue weighted by Gasteiger charge is -2.39. The van der Waals surface area contributed by atoms with Gasteiger partial charge in [-0.1, -0.05) is 20.3 Å². The number of hydrogen-bond acceptors (Lipinski definition) is 3. The first-order valence-corrected chi connectivity index (χ1v) is 6.31. The number of amides is 1. The SMILES string of the molecule is CCCNC1(C(N)=O)CCOC(CCC)C1. The van der Waals surface area contributed by atoms with Crippen molar-refractivity contribution in [1.29, 1.82) is 0 Å². The molecule has 1 saturated heterocycles. The van der Waals surface area contributed by atoms with Gasteiger partial charge in [-0.25, -0.2) is 0 Å². The van der Waals surface area contributed by atoms with E-state index in [2.05, 4.69) is 19.2 Å². The number of nitrogens with two attached hydrogens (primary N) is 1. The van der Waals surface area contributed by atoms with Crippen LogP contribution in [-0.4, -0.2) is 30.7 Å². The average molecular weight is 228 g/mol. The molecule has 16 heavy (non-hydrogen) atoms. The zero-order valence-corrected chi connectivity index (χ0v) is 10.4. The number of carbonyl (C=O) groups excluding carboxylic acids is 1. The minimum atomic E-state index is -0.534. The molecular formula is C12H24N2O2. The first-order chi connectivity index (χ1) is 7.64. The molecule has 2 unspecified atom stereocenters. The van der Waals surface area contributed by atoms with E-state index >= 15 is 0 Å². The van der Waals surface area contributed by atoms with Crippen molar-refractivity contribution >= 4 is 5.91 Å². The Balaban J connectivity index is 2.64. The van der Waals surface area contributed by atoms with Crippen LogP contribution in [0.25, 0.3) is 0 Å². The molecule has 3 N–H and O–H groups in total. The molecule has 0 aliphatic carbocycles. The maximum Gasteiger partial charge on any atom is 0.237 e. The van der Waals surface area contributed by atoms with E-state index in [4.69, 9.17) is 10.5 Å². The Morgan fingerprint density at radius 2 is 2.25 bits per heavy atom. The molecule has 1 aliphatic heterocycles. The summed E-state index contributed by atoms with van der Waals surface area (Å²) in [5.74, 6) is -0.231. The van der Waals surface area contributed by atoms with E-state index in [0.717, 1.165) is 32.2 Å². The maximum absolute atomic E-state index is 11.6. The highest BCUT2D eigenvalue weighted by Crippen LogP contribution is 2.27. The van der Waals surface area contributed by atoms with Crippen molar-refractivity contribution in [3.63, 3.8) is 0 Å². The minimum Gasteiger partial charge on any atom is -0.378 e. The second-order valence-electron chi connectivity index (χ2n) is 4.61. The average Bonchev–Trinajstić information content (AvgIpc) is 2.27. The topological polar surface area (TPSA) is 64.3 Å². The van der Waals surface area contributed by atoms with Gasteiger partial charge < -0.3 is 15.8 Å². The Hall–Kier alpha value is -0.610. The number of ether oxygens (including phenoxy) is 1. The van der Waals surface area contributed by atoms with E-state index < -0.39 is 5.54 Å². The molecule has 1 aliphatic rings. The van der Waals surface area contributed by atoms with E-state index in [-0.39, 0.29) is 12.0 Å². The minimum absolute atomic E-state index is 0.176. The lowest BCUT2D eigenvalue weighted by atomic mass is 9.84. The van der Waals surface area contributed by atoms with Gasteiger partial charge in [0.05, 0.1) is 6.10 Å². The molecule has 1 fully saturated rings. The summed E-state index contributed by atoms with van der Waals surface area (Å²) < 4.78 is 5.66. The lowest BCUT2D eigenvalue weighted by molar-refractivity contribution is -0.131. The molecular weight excluding hydrogens is 204 g/mol. The van der Waals surface area contributed by atoms with Crippen molar-refractivity contribution in [2.45, 2.75) is 57.6 Å². The third-order valence-corrected chi connectivity index (χ3v) is 3.25. The summed E-state index contributed by atoms with van der Waals surface area (Å²) in [4.78, 5) is 11.6. The van der Waals surface area contributed by atoms with Gasteiger partial charge in [0.25, 0.3) is 0 Å². The van der Waals surface area contributed by atoms with E-state index in [1.807, 2.05) is 0 Å². The molecule has 0 aromatic rings. The molecule has 1 heterocycles. The summed E-state index contributed by atoms with van der Waals surface area (Å²) in [6.45, 7) is 5.68. The Morgan fingerprint density at radius 3 is 2.81 bits per heavy atom.